The summed E-state index contributed by atoms with van der Waals surface area (Å²) in [5.74, 6) is -1.58. The maximum atomic E-state index is 13.9. The van der Waals surface area contributed by atoms with Crippen LogP contribution >= 0.6 is 0 Å². The van der Waals surface area contributed by atoms with Crippen molar-refractivity contribution in [2.24, 2.45) is 11.8 Å². The Morgan fingerprint density at radius 2 is 2.00 bits per heavy atom. The number of likely N-dealkylation sites (tertiary alicyclic amines) is 1. The van der Waals surface area contributed by atoms with Crippen LogP contribution in [-0.4, -0.2) is 73.3 Å². The average Bonchev–Trinajstić information content (AvgIpc) is 3.54. The lowest BCUT2D eigenvalue weighted by Crippen LogP contribution is -2.56. The van der Waals surface area contributed by atoms with Crippen molar-refractivity contribution in [2.45, 2.75) is 69.2 Å². The van der Waals surface area contributed by atoms with Gasteiger partial charge in [0.05, 0.1) is 25.0 Å². The van der Waals surface area contributed by atoms with Crippen molar-refractivity contribution in [1.29, 1.82) is 0 Å². The fourth-order valence-corrected chi connectivity index (χ4v) is 6.44. The van der Waals surface area contributed by atoms with Gasteiger partial charge in [0.15, 0.2) is 0 Å². The van der Waals surface area contributed by atoms with E-state index in [9.17, 15) is 14.4 Å². The van der Waals surface area contributed by atoms with Crippen LogP contribution in [0.4, 0.5) is 5.69 Å². The fraction of sp³-hybridized carbons (Fsp3) is 0.607. The van der Waals surface area contributed by atoms with Crippen LogP contribution in [0.5, 0.6) is 5.75 Å². The maximum absolute atomic E-state index is 13.9. The van der Waals surface area contributed by atoms with Crippen molar-refractivity contribution in [3.8, 4) is 5.75 Å². The number of fused-ring (bicyclic) bond motifs is 1. The van der Waals surface area contributed by atoms with Crippen LogP contribution in [0.25, 0.3) is 0 Å². The lowest BCUT2D eigenvalue weighted by Gasteiger charge is -2.34. The smallest absolute Gasteiger partial charge is 0.246 e. The number of methoxy groups -OCH3 is 1. The van der Waals surface area contributed by atoms with E-state index < -0.39 is 29.6 Å². The molecule has 1 saturated carbocycles. The molecule has 3 heterocycles. The second kappa shape index (κ2) is 10.8. The first-order valence-electron chi connectivity index (χ1n) is 13.5. The highest BCUT2D eigenvalue weighted by molar-refractivity contribution is 6.02. The van der Waals surface area contributed by atoms with E-state index in [1.54, 1.807) is 36.3 Å². The van der Waals surface area contributed by atoms with E-state index in [0.29, 0.717) is 37.6 Å². The van der Waals surface area contributed by atoms with E-state index in [1.807, 2.05) is 19.1 Å². The summed E-state index contributed by atoms with van der Waals surface area (Å²) >= 11 is 0. The van der Waals surface area contributed by atoms with Crippen LogP contribution in [0.1, 0.15) is 45.4 Å². The van der Waals surface area contributed by atoms with Crippen LogP contribution in [0.3, 0.4) is 0 Å². The highest BCUT2D eigenvalue weighted by Gasteiger charge is 2.72. The first kappa shape index (κ1) is 25.7. The number of anilines is 1. The molecule has 5 rings (SSSR count). The molecule has 3 amide bonds. The van der Waals surface area contributed by atoms with Crippen molar-refractivity contribution >= 4 is 23.4 Å². The molecule has 2 bridgehead atoms. The lowest BCUT2D eigenvalue weighted by atomic mass is 9.74. The van der Waals surface area contributed by atoms with Gasteiger partial charge in [-0.3, -0.25) is 14.4 Å². The van der Waals surface area contributed by atoms with E-state index in [2.05, 4.69) is 10.6 Å². The minimum atomic E-state index is -1.15. The van der Waals surface area contributed by atoms with Gasteiger partial charge in [-0.1, -0.05) is 37.5 Å². The van der Waals surface area contributed by atoms with E-state index in [-0.39, 0.29) is 23.8 Å². The Bertz CT molecular complexity index is 1050. The van der Waals surface area contributed by atoms with Crippen LogP contribution in [0.2, 0.25) is 0 Å². The normalized spacial score (nSPS) is 30.4. The molecule has 0 radical (unpaired) electrons. The van der Waals surface area contributed by atoms with E-state index in [4.69, 9.17) is 14.2 Å². The van der Waals surface area contributed by atoms with Gasteiger partial charge in [-0.15, -0.1) is 0 Å². The number of amides is 3. The molecule has 1 aromatic rings. The standard InChI is InChI=1S/C28H37N3O6/c1-3-36-16-8-15-31-24(26(33)29-18-9-5-4-6-10-18)28-14-13-21(37-28)22(23(28)27(31)34)25(32)30-19-11-7-12-20(17-19)35-2/h7,11-14,17-18,21-24H,3-6,8-10,15-16H2,1-2H3,(H,29,33)(H,30,32)/t21-,22+,23-,24-,28+/m1/s1. The highest BCUT2D eigenvalue weighted by Crippen LogP contribution is 2.55. The van der Waals surface area contributed by atoms with Gasteiger partial charge in [0.2, 0.25) is 17.7 Å². The zero-order valence-corrected chi connectivity index (χ0v) is 21.6. The van der Waals surface area contributed by atoms with Crippen molar-refractivity contribution in [2.75, 3.05) is 32.2 Å². The van der Waals surface area contributed by atoms with E-state index in [0.717, 1.165) is 25.7 Å². The summed E-state index contributed by atoms with van der Waals surface area (Å²) in [6.45, 7) is 3.37. The number of ether oxygens (including phenoxy) is 3. The molecular weight excluding hydrogens is 474 g/mol. The second-order valence-corrected chi connectivity index (χ2v) is 10.3. The van der Waals surface area contributed by atoms with Gasteiger partial charge in [0.1, 0.15) is 17.4 Å². The quantitative estimate of drug-likeness (QED) is 0.370. The molecule has 1 aliphatic carbocycles. The Balaban J connectivity index is 1.40. The summed E-state index contributed by atoms with van der Waals surface area (Å²) in [6, 6.07) is 6.38. The number of nitrogens with zero attached hydrogens (tertiary/aromatic N) is 1. The molecule has 37 heavy (non-hydrogen) atoms. The van der Waals surface area contributed by atoms with Gasteiger partial charge in [-0.2, -0.15) is 0 Å². The third-order valence-electron chi connectivity index (χ3n) is 8.11. The third-order valence-corrected chi connectivity index (χ3v) is 8.11. The molecule has 1 spiro atoms. The monoisotopic (exact) mass is 511 g/mol. The Morgan fingerprint density at radius 3 is 2.76 bits per heavy atom. The number of carbonyl (C=O) groups is 3. The highest BCUT2D eigenvalue weighted by atomic mass is 16.5. The molecule has 9 nitrogen and oxygen atoms in total. The predicted molar refractivity (Wildman–Crippen MR) is 137 cm³/mol. The molecule has 3 aliphatic heterocycles. The van der Waals surface area contributed by atoms with Gasteiger partial charge in [-0.25, -0.2) is 0 Å². The first-order valence-corrected chi connectivity index (χ1v) is 13.5. The number of benzene rings is 1. The minimum Gasteiger partial charge on any atom is -0.497 e. The molecule has 5 atom stereocenters. The maximum Gasteiger partial charge on any atom is 0.246 e. The molecule has 1 aromatic carbocycles. The zero-order valence-electron chi connectivity index (χ0n) is 21.6. The van der Waals surface area contributed by atoms with Gasteiger partial charge < -0.3 is 29.7 Å². The van der Waals surface area contributed by atoms with Gasteiger partial charge >= 0.3 is 0 Å². The fourth-order valence-electron chi connectivity index (χ4n) is 6.44. The molecule has 2 saturated heterocycles. The first-order chi connectivity index (χ1) is 18.0. The number of hydrogen-bond donors (Lipinski definition) is 2. The molecular formula is C28H37N3O6. The van der Waals surface area contributed by atoms with Gasteiger partial charge in [-0.05, 0) is 38.3 Å². The Morgan fingerprint density at radius 1 is 1.19 bits per heavy atom. The predicted octanol–water partition coefficient (Wildman–Crippen LogP) is 2.66. The summed E-state index contributed by atoms with van der Waals surface area (Å²) in [6.07, 6.45) is 8.97. The van der Waals surface area contributed by atoms with Crippen molar-refractivity contribution in [3.63, 3.8) is 0 Å². The molecule has 200 valence electrons. The summed E-state index contributed by atoms with van der Waals surface area (Å²) in [5.41, 5.74) is -0.571. The van der Waals surface area contributed by atoms with Gasteiger partial charge in [0, 0.05) is 37.6 Å². The Hall–Kier alpha value is -2.91. The summed E-state index contributed by atoms with van der Waals surface area (Å²) in [7, 11) is 1.56. The van der Waals surface area contributed by atoms with Crippen molar-refractivity contribution in [1.82, 2.24) is 10.2 Å². The number of carbonyl (C=O) groups excluding carboxylic acids is 3. The Labute approximate surface area is 217 Å². The zero-order chi connectivity index (χ0) is 26.0. The molecule has 2 N–H and O–H groups in total. The van der Waals surface area contributed by atoms with E-state index in [1.165, 1.54) is 6.42 Å². The average molecular weight is 512 g/mol. The minimum absolute atomic E-state index is 0.104. The molecule has 9 heteroatoms. The largest absolute Gasteiger partial charge is 0.497 e. The van der Waals surface area contributed by atoms with Crippen LogP contribution in [0.15, 0.2) is 36.4 Å². The molecule has 0 unspecified atom stereocenters. The summed E-state index contributed by atoms with van der Waals surface area (Å²) in [5, 5.41) is 6.14. The molecule has 4 aliphatic rings. The molecule has 0 aromatic heterocycles. The van der Waals surface area contributed by atoms with Crippen molar-refractivity contribution in [3.05, 3.63) is 36.4 Å². The second-order valence-electron chi connectivity index (χ2n) is 10.3. The van der Waals surface area contributed by atoms with Crippen molar-refractivity contribution < 1.29 is 28.6 Å². The summed E-state index contributed by atoms with van der Waals surface area (Å²) in [4.78, 5) is 42.8. The van der Waals surface area contributed by atoms with Gasteiger partial charge in [0.25, 0.3) is 0 Å². The SMILES string of the molecule is CCOCCCN1C(=O)[C@H]2[C@@H](C(=O)Nc3cccc(OC)c3)[C@H]3C=C[C@@]2(O3)[C@H]1C(=O)NC1CCCCC1. The third kappa shape index (κ3) is 4.75. The van der Waals surface area contributed by atoms with Crippen LogP contribution < -0.4 is 15.4 Å². The number of hydrogen-bond acceptors (Lipinski definition) is 6. The lowest BCUT2D eigenvalue weighted by molar-refractivity contribution is -0.141. The van der Waals surface area contributed by atoms with Crippen LogP contribution in [-0.2, 0) is 23.9 Å². The number of nitrogens with one attached hydrogen (secondary N) is 2. The Kier molecular flexibility index (Phi) is 7.53. The van der Waals surface area contributed by atoms with E-state index >= 15 is 0 Å². The number of rotatable bonds is 10. The summed E-state index contributed by atoms with van der Waals surface area (Å²) < 4.78 is 17.2. The van der Waals surface area contributed by atoms with Crippen LogP contribution in [0, 0.1) is 11.8 Å². The molecule has 3 fully saturated rings. The topological polar surface area (TPSA) is 106 Å².